The molecule has 0 saturated carbocycles. The van der Waals surface area contributed by atoms with E-state index in [0.29, 0.717) is 0 Å². The molecule has 1 heteroatoms. The van der Waals surface area contributed by atoms with Crippen LogP contribution >= 0.6 is 7.26 Å². The van der Waals surface area contributed by atoms with Gasteiger partial charge in [0.2, 0.25) is 0 Å². The molecule has 0 aliphatic carbocycles. The summed E-state index contributed by atoms with van der Waals surface area (Å²) in [6.07, 6.45) is 5.49. The Balaban J connectivity index is 3.05. The Bertz CT molecular complexity index is 279. The Morgan fingerprint density at radius 3 is 1.75 bits per heavy atom. The van der Waals surface area contributed by atoms with E-state index in [4.69, 9.17) is 0 Å². The Morgan fingerprint density at radius 1 is 0.875 bits per heavy atom. The average Bonchev–Trinajstić information content (AvgIpc) is 2.37. The third-order valence-electron chi connectivity index (χ3n) is 4.12. The van der Waals surface area contributed by atoms with Crippen molar-refractivity contribution in [1.82, 2.24) is 0 Å². The normalized spacial score (nSPS) is 13.8. The molecule has 90 valence electrons. The second-order valence-corrected chi connectivity index (χ2v) is 9.46. The molecule has 0 heterocycles. The van der Waals surface area contributed by atoms with Gasteiger partial charge in [0, 0.05) is 7.26 Å². The van der Waals surface area contributed by atoms with Gasteiger partial charge in [0.25, 0.3) is 0 Å². The molecule has 0 nitrogen and oxygen atoms in total. The van der Waals surface area contributed by atoms with Gasteiger partial charge in [0.15, 0.2) is 0 Å². The van der Waals surface area contributed by atoms with Gasteiger partial charge in [0.05, 0.1) is 24.1 Å². The third kappa shape index (κ3) is 2.66. The van der Waals surface area contributed by atoms with Crippen molar-refractivity contribution in [3.8, 4) is 0 Å². The summed E-state index contributed by atoms with van der Waals surface area (Å²) in [5.74, 6) is 0. The fraction of sp³-hybridized carbons (Fsp3) is 0.600. The van der Waals surface area contributed by atoms with Crippen molar-refractivity contribution < 1.29 is 0 Å². The Kier molecular flexibility index (Phi) is 5.49. The Morgan fingerprint density at radius 2 is 1.38 bits per heavy atom. The minimum atomic E-state index is -0.771. The van der Waals surface area contributed by atoms with Crippen LogP contribution in [0.15, 0.2) is 30.3 Å². The highest BCUT2D eigenvalue weighted by Gasteiger charge is 2.40. The van der Waals surface area contributed by atoms with E-state index < -0.39 is 7.26 Å². The zero-order valence-corrected chi connectivity index (χ0v) is 12.1. The van der Waals surface area contributed by atoms with E-state index in [1.807, 2.05) is 0 Å². The van der Waals surface area contributed by atoms with Crippen LogP contribution in [0.3, 0.4) is 0 Å². The van der Waals surface area contributed by atoms with Gasteiger partial charge in [-0.1, -0.05) is 37.3 Å². The van der Waals surface area contributed by atoms with Crippen LogP contribution in [0, 0.1) is 0 Å². The number of hydrogen-bond donors (Lipinski definition) is 0. The highest BCUT2D eigenvalue weighted by Crippen LogP contribution is 2.69. The van der Waals surface area contributed by atoms with Gasteiger partial charge in [-0.05, 0) is 32.8 Å². The van der Waals surface area contributed by atoms with Gasteiger partial charge in [-0.15, -0.1) is 0 Å². The molecule has 0 aliphatic rings. The molecule has 0 saturated heterocycles. The summed E-state index contributed by atoms with van der Waals surface area (Å²) in [6.45, 7) is 9.54. The summed E-state index contributed by atoms with van der Waals surface area (Å²) in [4.78, 5) is 0. The van der Waals surface area contributed by atoms with Crippen LogP contribution in [0.25, 0.3) is 0 Å². The van der Waals surface area contributed by atoms with Crippen molar-refractivity contribution in [1.29, 1.82) is 0 Å². The van der Waals surface area contributed by atoms with Gasteiger partial charge in [-0.25, -0.2) is 0 Å². The summed E-state index contributed by atoms with van der Waals surface area (Å²) in [6, 6.07) is 11.1. The van der Waals surface area contributed by atoms with Crippen molar-refractivity contribution in [2.45, 2.75) is 39.8 Å². The molecule has 0 amide bonds. The minimum absolute atomic E-state index is 0.771. The summed E-state index contributed by atoms with van der Waals surface area (Å²) in [5.41, 5.74) is 2.40. The molecule has 1 unspecified atom stereocenters. The summed E-state index contributed by atoms with van der Waals surface area (Å²) in [5, 5.41) is 0. The van der Waals surface area contributed by atoms with Crippen molar-refractivity contribution in [3.63, 3.8) is 0 Å². The molecule has 1 atom stereocenters. The molecular weight excluding hydrogens is 211 g/mol. The lowest BCUT2D eigenvalue weighted by molar-refractivity contribution is 0.859. The maximum atomic E-state index is 2.40. The molecule has 16 heavy (non-hydrogen) atoms. The molecule has 0 N–H and O–H groups in total. The van der Waals surface area contributed by atoms with Crippen LogP contribution in [0.5, 0.6) is 0 Å². The van der Waals surface area contributed by atoms with E-state index in [1.54, 1.807) is 5.56 Å². The monoisotopic (exact) mass is 237 g/mol. The van der Waals surface area contributed by atoms with Crippen LogP contribution in [0.2, 0.25) is 0 Å². The standard InChI is InChI=1S/C15H26P/c1-5-15(14-12-10-9-11-13-14)16(6-2,7-3)8-4/h9-13,15H,5-8H2,1-4H3/q+1. The van der Waals surface area contributed by atoms with Crippen molar-refractivity contribution in [2.24, 2.45) is 0 Å². The molecule has 0 aromatic heterocycles. The fourth-order valence-corrected chi connectivity index (χ4v) is 7.19. The molecule has 1 aromatic rings. The first-order chi connectivity index (χ1) is 7.74. The first-order valence-electron chi connectivity index (χ1n) is 6.64. The Labute approximate surface area is 102 Å². The van der Waals surface area contributed by atoms with Crippen molar-refractivity contribution >= 4 is 7.26 Å². The first-order valence-corrected chi connectivity index (χ1v) is 9.06. The zero-order chi connectivity index (χ0) is 12.0. The molecule has 1 rings (SSSR count). The maximum absolute atomic E-state index is 2.40. The molecule has 0 aliphatic heterocycles. The van der Waals surface area contributed by atoms with Gasteiger partial charge in [-0.3, -0.25) is 0 Å². The summed E-state index contributed by atoms with van der Waals surface area (Å²) < 4.78 is 0. The predicted octanol–water partition coefficient (Wildman–Crippen LogP) is 5.22. The van der Waals surface area contributed by atoms with Gasteiger partial charge >= 0.3 is 0 Å². The van der Waals surface area contributed by atoms with E-state index in [9.17, 15) is 0 Å². The summed E-state index contributed by atoms with van der Waals surface area (Å²) in [7, 11) is -0.771. The van der Waals surface area contributed by atoms with Crippen LogP contribution in [0.4, 0.5) is 0 Å². The molecular formula is C15H26P+. The SMILES string of the molecule is CCC(c1ccccc1)[P+](CC)(CC)CC. The van der Waals surface area contributed by atoms with Crippen LogP contribution in [-0.2, 0) is 0 Å². The van der Waals surface area contributed by atoms with Gasteiger partial charge < -0.3 is 0 Å². The molecule has 1 aromatic carbocycles. The average molecular weight is 237 g/mol. The van der Waals surface area contributed by atoms with E-state index in [0.717, 1.165) is 5.66 Å². The molecule has 0 fully saturated rings. The van der Waals surface area contributed by atoms with Gasteiger partial charge in [0.1, 0.15) is 0 Å². The quantitative estimate of drug-likeness (QED) is 0.595. The van der Waals surface area contributed by atoms with E-state index in [2.05, 4.69) is 58.0 Å². The fourth-order valence-electron chi connectivity index (χ4n) is 2.95. The lowest BCUT2D eigenvalue weighted by Crippen LogP contribution is -2.12. The largest absolute Gasteiger partial charge is 0.0942 e. The second kappa shape index (κ2) is 6.40. The summed E-state index contributed by atoms with van der Waals surface area (Å²) >= 11 is 0. The van der Waals surface area contributed by atoms with Crippen molar-refractivity contribution in [3.05, 3.63) is 35.9 Å². The van der Waals surface area contributed by atoms with E-state index >= 15 is 0 Å². The molecule has 0 bridgehead atoms. The number of rotatable bonds is 6. The maximum Gasteiger partial charge on any atom is 0.0942 e. The van der Waals surface area contributed by atoms with Crippen LogP contribution in [0.1, 0.15) is 45.3 Å². The smallest absolute Gasteiger partial charge is 0.0622 e. The van der Waals surface area contributed by atoms with E-state index in [-0.39, 0.29) is 0 Å². The van der Waals surface area contributed by atoms with Crippen molar-refractivity contribution in [2.75, 3.05) is 18.5 Å². The Hall–Kier alpha value is -0.350. The third-order valence-corrected chi connectivity index (χ3v) is 9.89. The first kappa shape index (κ1) is 13.7. The van der Waals surface area contributed by atoms with Gasteiger partial charge in [-0.2, -0.15) is 0 Å². The predicted molar refractivity (Wildman–Crippen MR) is 78.0 cm³/mol. The van der Waals surface area contributed by atoms with E-state index in [1.165, 1.54) is 24.9 Å². The number of benzene rings is 1. The molecule has 0 spiro atoms. The second-order valence-electron chi connectivity index (χ2n) is 4.50. The lowest BCUT2D eigenvalue weighted by Gasteiger charge is -2.32. The topological polar surface area (TPSA) is 0 Å². The number of hydrogen-bond acceptors (Lipinski definition) is 0. The van der Waals surface area contributed by atoms with Crippen LogP contribution in [-0.4, -0.2) is 18.5 Å². The highest BCUT2D eigenvalue weighted by molar-refractivity contribution is 7.76. The minimum Gasteiger partial charge on any atom is -0.0622 e. The highest BCUT2D eigenvalue weighted by atomic mass is 31.2. The molecule has 0 radical (unpaired) electrons. The van der Waals surface area contributed by atoms with Crippen LogP contribution < -0.4 is 0 Å². The lowest BCUT2D eigenvalue weighted by atomic mass is 10.1. The zero-order valence-electron chi connectivity index (χ0n) is 11.2.